The average Bonchev–Trinajstić information content (AvgIpc) is 2.68. The molecule has 4 nitrogen and oxygen atoms in total. The van der Waals surface area contributed by atoms with E-state index in [0.717, 1.165) is 44.1 Å². The first-order chi connectivity index (χ1) is 12.2. The lowest BCUT2D eigenvalue weighted by atomic mass is 9.81. The van der Waals surface area contributed by atoms with Crippen molar-refractivity contribution in [2.45, 2.75) is 70.4 Å². The van der Waals surface area contributed by atoms with Crippen molar-refractivity contribution >= 4 is 11.8 Å². The summed E-state index contributed by atoms with van der Waals surface area (Å²) < 4.78 is 0. The Morgan fingerprint density at radius 1 is 0.800 bits per heavy atom. The molecule has 0 saturated heterocycles. The molecule has 2 fully saturated rings. The maximum atomic E-state index is 12.4. The predicted molar refractivity (Wildman–Crippen MR) is 98.8 cm³/mol. The number of hydrogen-bond donors (Lipinski definition) is 2. The molecule has 0 aliphatic heterocycles. The summed E-state index contributed by atoms with van der Waals surface area (Å²) in [5.41, 5.74) is 1.12. The molecule has 0 heterocycles. The smallest absolute Gasteiger partial charge is 0.223 e. The highest BCUT2D eigenvalue weighted by Gasteiger charge is 2.30. The van der Waals surface area contributed by atoms with E-state index in [9.17, 15) is 9.59 Å². The zero-order valence-electron chi connectivity index (χ0n) is 15.0. The van der Waals surface area contributed by atoms with Gasteiger partial charge in [-0.05, 0) is 44.1 Å². The molecule has 3 rings (SSSR count). The van der Waals surface area contributed by atoms with Crippen LogP contribution in [-0.2, 0) is 16.1 Å². The molecular weight excluding hydrogens is 312 g/mol. The van der Waals surface area contributed by atoms with Gasteiger partial charge in [0.2, 0.25) is 11.8 Å². The van der Waals surface area contributed by atoms with Crippen LogP contribution in [-0.4, -0.2) is 17.9 Å². The Morgan fingerprint density at radius 3 is 2.04 bits per heavy atom. The standard InChI is InChI=1S/C21H30N2O2/c24-20(22-15-16-7-3-1-4-8-16)17-11-13-18(14-12-17)21(25)23-19-9-5-2-6-10-19/h1,3-4,7-8,17-19H,2,5-6,9-15H2,(H,22,24)(H,23,25). The minimum Gasteiger partial charge on any atom is -0.353 e. The topological polar surface area (TPSA) is 58.2 Å². The van der Waals surface area contributed by atoms with Gasteiger partial charge in [0.25, 0.3) is 0 Å². The Balaban J connectivity index is 1.38. The Morgan fingerprint density at radius 2 is 1.40 bits per heavy atom. The molecule has 0 bridgehead atoms. The molecule has 0 unspecified atom stereocenters. The van der Waals surface area contributed by atoms with Crippen molar-refractivity contribution < 1.29 is 9.59 Å². The van der Waals surface area contributed by atoms with Crippen LogP contribution in [0.25, 0.3) is 0 Å². The van der Waals surface area contributed by atoms with E-state index in [4.69, 9.17) is 0 Å². The molecule has 0 radical (unpaired) electrons. The monoisotopic (exact) mass is 342 g/mol. The lowest BCUT2D eigenvalue weighted by Crippen LogP contribution is -2.42. The molecule has 0 atom stereocenters. The van der Waals surface area contributed by atoms with E-state index >= 15 is 0 Å². The van der Waals surface area contributed by atoms with Crippen LogP contribution in [0, 0.1) is 11.8 Å². The number of nitrogens with one attached hydrogen (secondary N) is 2. The van der Waals surface area contributed by atoms with Gasteiger partial charge in [0.05, 0.1) is 0 Å². The Labute approximate surface area is 150 Å². The van der Waals surface area contributed by atoms with Gasteiger partial charge in [0.15, 0.2) is 0 Å². The van der Waals surface area contributed by atoms with Crippen molar-refractivity contribution in [3.63, 3.8) is 0 Å². The summed E-state index contributed by atoms with van der Waals surface area (Å²) >= 11 is 0. The van der Waals surface area contributed by atoms with Gasteiger partial charge in [-0.3, -0.25) is 9.59 Å². The summed E-state index contributed by atoms with van der Waals surface area (Å²) in [6.45, 7) is 0.585. The summed E-state index contributed by atoms with van der Waals surface area (Å²) in [5, 5.41) is 6.28. The van der Waals surface area contributed by atoms with E-state index in [1.165, 1.54) is 19.3 Å². The van der Waals surface area contributed by atoms with Crippen molar-refractivity contribution in [1.29, 1.82) is 0 Å². The van der Waals surface area contributed by atoms with Crippen LogP contribution in [0.3, 0.4) is 0 Å². The van der Waals surface area contributed by atoms with Gasteiger partial charge in [-0.2, -0.15) is 0 Å². The van der Waals surface area contributed by atoms with E-state index in [1.54, 1.807) is 0 Å². The number of amides is 2. The van der Waals surface area contributed by atoms with Crippen LogP contribution in [0.4, 0.5) is 0 Å². The molecule has 1 aromatic rings. The molecule has 0 spiro atoms. The molecule has 136 valence electrons. The largest absolute Gasteiger partial charge is 0.353 e. The maximum absolute atomic E-state index is 12.4. The van der Waals surface area contributed by atoms with Crippen LogP contribution < -0.4 is 10.6 Å². The van der Waals surface area contributed by atoms with Crippen LogP contribution >= 0.6 is 0 Å². The van der Waals surface area contributed by atoms with Crippen molar-refractivity contribution in [1.82, 2.24) is 10.6 Å². The van der Waals surface area contributed by atoms with Crippen LogP contribution in [0.2, 0.25) is 0 Å². The van der Waals surface area contributed by atoms with Gasteiger partial charge in [-0.25, -0.2) is 0 Å². The number of hydrogen-bond acceptors (Lipinski definition) is 2. The van der Waals surface area contributed by atoms with Gasteiger partial charge in [-0.15, -0.1) is 0 Å². The number of rotatable bonds is 5. The number of carbonyl (C=O) groups is 2. The average molecular weight is 342 g/mol. The molecular formula is C21H30N2O2. The van der Waals surface area contributed by atoms with Crippen molar-refractivity contribution in [2.24, 2.45) is 11.8 Å². The van der Waals surface area contributed by atoms with Crippen LogP contribution in [0.5, 0.6) is 0 Å². The minimum absolute atomic E-state index is 0.0578. The van der Waals surface area contributed by atoms with E-state index in [2.05, 4.69) is 10.6 Å². The molecule has 2 saturated carbocycles. The second-order valence-corrected chi connectivity index (χ2v) is 7.60. The lowest BCUT2D eigenvalue weighted by Gasteiger charge is -2.29. The van der Waals surface area contributed by atoms with Gasteiger partial charge >= 0.3 is 0 Å². The van der Waals surface area contributed by atoms with E-state index < -0.39 is 0 Å². The fourth-order valence-electron chi connectivity index (χ4n) is 4.11. The highest BCUT2D eigenvalue weighted by Crippen LogP contribution is 2.29. The highest BCUT2D eigenvalue weighted by molar-refractivity contribution is 5.81. The molecule has 4 heteroatoms. The first kappa shape index (κ1) is 18.0. The van der Waals surface area contributed by atoms with Crippen LogP contribution in [0.15, 0.2) is 30.3 Å². The number of carbonyl (C=O) groups excluding carboxylic acids is 2. The van der Waals surface area contributed by atoms with Crippen molar-refractivity contribution in [2.75, 3.05) is 0 Å². The second-order valence-electron chi connectivity index (χ2n) is 7.60. The highest BCUT2D eigenvalue weighted by atomic mass is 16.2. The van der Waals surface area contributed by atoms with E-state index in [1.807, 2.05) is 30.3 Å². The maximum Gasteiger partial charge on any atom is 0.223 e. The molecule has 0 aromatic heterocycles. The van der Waals surface area contributed by atoms with Crippen molar-refractivity contribution in [3.05, 3.63) is 35.9 Å². The van der Waals surface area contributed by atoms with Gasteiger partial charge in [0.1, 0.15) is 0 Å². The van der Waals surface area contributed by atoms with E-state index in [0.29, 0.717) is 12.6 Å². The molecule has 2 N–H and O–H groups in total. The Kier molecular flexibility index (Phi) is 6.48. The first-order valence-corrected chi connectivity index (χ1v) is 9.84. The summed E-state index contributed by atoms with van der Waals surface area (Å²) in [6.07, 6.45) is 9.34. The molecule has 2 amide bonds. The SMILES string of the molecule is O=C(NCc1ccccc1)C1CCC(C(=O)NC2CCCCC2)CC1. The first-order valence-electron chi connectivity index (χ1n) is 9.84. The molecule has 25 heavy (non-hydrogen) atoms. The van der Waals surface area contributed by atoms with Gasteiger partial charge in [0, 0.05) is 24.4 Å². The minimum atomic E-state index is 0.0578. The normalized spacial score (nSPS) is 24.5. The lowest BCUT2D eigenvalue weighted by molar-refractivity contribution is -0.131. The van der Waals surface area contributed by atoms with Crippen molar-refractivity contribution in [3.8, 4) is 0 Å². The third-order valence-electron chi connectivity index (χ3n) is 5.73. The van der Waals surface area contributed by atoms with Gasteiger partial charge < -0.3 is 10.6 Å². The third kappa shape index (κ3) is 5.32. The summed E-state index contributed by atoms with van der Waals surface area (Å²) in [7, 11) is 0. The molecule has 2 aliphatic rings. The molecule has 1 aromatic carbocycles. The Bertz CT molecular complexity index is 559. The fourth-order valence-corrected chi connectivity index (χ4v) is 4.11. The molecule has 2 aliphatic carbocycles. The quantitative estimate of drug-likeness (QED) is 0.859. The summed E-state index contributed by atoms with van der Waals surface area (Å²) in [6, 6.07) is 10.4. The zero-order chi connectivity index (χ0) is 17.5. The zero-order valence-corrected chi connectivity index (χ0v) is 15.0. The predicted octanol–water partition coefficient (Wildman–Crippen LogP) is 3.56. The summed E-state index contributed by atoms with van der Waals surface area (Å²) in [5.74, 6) is 0.507. The summed E-state index contributed by atoms with van der Waals surface area (Å²) in [4.78, 5) is 24.8. The number of benzene rings is 1. The fraction of sp³-hybridized carbons (Fsp3) is 0.619. The van der Waals surface area contributed by atoms with Crippen LogP contribution in [0.1, 0.15) is 63.4 Å². The van der Waals surface area contributed by atoms with E-state index in [-0.39, 0.29) is 23.7 Å². The third-order valence-corrected chi connectivity index (χ3v) is 5.73. The second kappa shape index (κ2) is 9.02. The van der Waals surface area contributed by atoms with Gasteiger partial charge in [-0.1, -0.05) is 49.6 Å². The Hall–Kier alpha value is -1.84.